The molecular weight excluding hydrogens is 685 g/mol. The normalized spacial score (nSPS) is 13.5. The van der Waals surface area contributed by atoms with Crippen molar-refractivity contribution in [3.63, 3.8) is 0 Å². The minimum absolute atomic E-state index is 0.0615. The highest BCUT2D eigenvalue weighted by atomic mass is 32.1. The van der Waals surface area contributed by atoms with Crippen LogP contribution in [-0.4, -0.2) is 63.3 Å². The first-order valence-corrected chi connectivity index (χ1v) is 18.4. The molecule has 3 amide bonds. The predicted octanol–water partition coefficient (Wildman–Crippen LogP) is 5.42. The van der Waals surface area contributed by atoms with E-state index in [2.05, 4.69) is 16.0 Å². The van der Waals surface area contributed by atoms with Gasteiger partial charge in [0.05, 0.1) is 17.5 Å². The molecule has 10 nitrogen and oxygen atoms in total. The third-order valence-corrected chi connectivity index (χ3v) is 9.75. The Morgan fingerprint density at radius 1 is 0.824 bits per heavy atom. The van der Waals surface area contributed by atoms with Gasteiger partial charge in [0.1, 0.15) is 18.3 Å². The van der Waals surface area contributed by atoms with Crippen LogP contribution in [0.15, 0.2) is 84.2 Å². The Morgan fingerprint density at radius 3 is 2.00 bits per heavy atom. The zero-order chi connectivity index (χ0) is 36.9. The Kier molecular flexibility index (Phi) is 14.8. The summed E-state index contributed by atoms with van der Waals surface area (Å²) in [6.07, 6.45) is 0.177. The van der Waals surface area contributed by atoms with Crippen molar-refractivity contribution in [1.82, 2.24) is 20.5 Å². The molecule has 3 aromatic carbocycles. The van der Waals surface area contributed by atoms with Crippen LogP contribution in [-0.2, 0) is 33.8 Å². The fourth-order valence-electron chi connectivity index (χ4n) is 5.97. The molecule has 0 fully saturated rings. The topological polar surface area (TPSA) is 142 Å². The van der Waals surface area contributed by atoms with Gasteiger partial charge in [-0.2, -0.15) is 0 Å². The second-order valence-corrected chi connectivity index (χ2v) is 14.8. The molecule has 0 bridgehead atoms. The molecule has 0 aliphatic heterocycles. The number of aromatic nitrogens is 1. The minimum atomic E-state index is -1.07. The summed E-state index contributed by atoms with van der Waals surface area (Å²) in [5.74, 6) is -0.644. The standard InChI is InChI=1S/C39H48N4O6S2/c1-25(2)18-32(41-34(45)22-43-36(47)24-51-39(43)50)38(48)42-31(20-29-16-9-6-10-17-29)33(44)21-30(19-28-14-7-5-8-15-28)40-35(46)23-49-37-26(3)12-11-13-27(37)4/h5-17,24-25,30-33,44,47H,18-23H2,1-4H3,(H,40,46)(H,41,45)(H,42,48)/t30-,31-,32-,33-/m0/s1. The number of rotatable bonds is 18. The lowest BCUT2D eigenvalue weighted by Crippen LogP contribution is -2.55. The molecule has 0 saturated heterocycles. The first-order valence-electron chi connectivity index (χ1n) is 17.1. The summed E-state index contributed by atoms with van der Waals surface area (Å²) in [5, 5.41) is 32.3. The summed E-state index contributed by atoms with van der Waals surface area (Å²) in [4.78, 5) is 40.2. The molecule has 0 aliphatic rings. The van der Waals surface area contributed by atoms with Crippen LogP contribution in [0.4, 0.5) is 0 Å². The Hall–Kier alpha value is -4.52. The van der Waals surface area contributed by atoms with E-state index in [1.54, 1.807) is 0 Å². The maximum Gasteiger partial charge on any atom is 0.258 e. The van der Waals surface area contributed by atoms with E-state index in [0.29, 0.717) is 29.0 Å². The van der Waals surface area contributed by atoms with Crippen molar-refractivity contribution in [1.29, 1.82) is 0 Å². The van der Waals surface area contributed by atoms with Crippen molar-refractivity contribution in [3.05, 3.63) is 110 Å². The highest BCUT2D eigenvalue weighted by Gasteiger charge is 2.30. The number of hydrogen-bond donors (Lipinski definition) is 5. The fraction of sp³-hybridized carbons (Fsp3) is 0.385. The van der Waals surface area contributed by atoms with Gasteiger partial charge in [-0.1, -0.05) is 92.7 Å². The lowest BCUT2D eigenvalue weighted by molar-refractivity contribution is -0.130. The second-order valence-electron chi connectivity index (χ2n) is 13.3. The summed E-state index contributed by atoms with van der Waals surface area (Å²) in [5.41, 5.74) is 3.74. The van der Waals surface area contributed by atoms with Crippen molar-refractivity contribution in [2.45, 2.75) is 84.2 Å². The Morgan fingerprint density at radius 2 is 1.43 bits per heavy atom. The largest absolute Gasteiger partial charge is 0.494 e. The number of nitrogens with zero attached hydrogens (tertiary/aromatic N) is 1. The van der Waals surface area contributed by atoms with E-state index in [1.807, 2.05) is 107 Å². The van der Waals surface area contributed by atoms with Gasteiger partial charge >= 0.3 is 0 Å². The van der Waals surface area contributed by atoms with Crippen molar-refractivity contribution in [3.8, 4) is 11.6 Å². The first kappa shape index (κ1) is 39.3. The molecule has 5 N–H and O–H groups in total. The van der Waals surface area contributed by atoms with Gasteiger partial charge in [-0.25, -0.2) is 0 Å². The number of thiazole rings is 1. The number of aryl methyl sites for hydroxylation is 2. The van der Waals surface area contributed by atoms with Crippen LogP contribution in [0, 0.1) is 23.7 Å². The zero-order valence-electron chi connectivity index (χ0n) is 29.5. The van der Waals surface area contributed by atoms with Crippen molar-refractivity contribution >= 4 is 41.3 Å². The first-order chi connectivity index (χ1) is 24.4. The molecule has 0 spiro atoms. The number of aliphatic hydroxyl groups is 1. The van der Waals surface area contributed by atoms with Gasteiger partial charge < -0.3 is 30.9 Å². The van der Waals surface area contributed by atoms with E-state index in [1.165, 1.54) is 9.95 Å². The number of amides is 3. The average molecular weight is 733 g/mol. The van der Waals surface area contributed by atoms with Crippen LogP contribution in [0.25, 0.3) is 0 Å². The third-order valence-electron chi connectivity index (χ3n) is 8.49. The summed E-state index contributed by atoms with van der Waals surface area (Å²) in [6.45, 7) is 7.33. The Labute approximate surface area is 308 Å². The monoisotopic (exact) mass is 732 g/mol. The predicted molar refractivity (Wildman–Crippen MR) is 202 cm³/mol. The van der Waals surface area contributed by atoms with Crippen molar-refractivity contribution < 1.29 is 29.3 Å². The van der Waals surface area contributed by atoms with Gasteiger partial charge in [-0.15, -0.1) is 11.3 Å². The minimum Gasteiger partial charge on any atom is -0.494 e. The molecule has 4 rings (SSSR count). The highest BCUT2D eigenvalue weighted by molar-refractivity contribution is 7.73. The van der Waals surface area contributed by atoms with E-state index in [4.69, 9.17) is 17.0 Å². The molecule has 4 aromatic rings. The van der Waals surface area contributed by atoms with Crippen LogP contribution < -0.4 is 20.7 Å². The van der Waals surface area contributed by atoms with Crippen LogP contribution in [0.2, 0.25) is 0 Å². The van der Waals surface area contributed by atoms with Gasteiger partial charge in [0.15, 0.2) is 10.6 Å². The third kappa shape index (κ3) is 12.3. The van der Waals surface area contributed by atoms with Gasteiger partial charge in [0, 0.05) is 6.04 Å². The summed E-state index contributed by atoms with van der Waals surface area (Å²) >= 11 is 6.36. The second kappa shape index (κ2) is 19.2. The molecule has 272 valence electrons. The molecule has 51 heavy (non-hydrogen) atoms. The van der Waals surface area contributed by atoms with Gasteiger partial charge in [-0.3, -0.25) is 19.0 Å². The van der Waals surface area contributed by atoms with Crippen LogP contribution in [0.5, 0.6) is 11.6 Å². The zero-order valence-corrected chi connectivity index (χ0v) is 31.1. The quantitative estimate of drug-likeness (QED) is 0.0861. The van der Waals surface area contributed by atoms with Crippen LogP contribution in [0.3, 0.4) is 0 Å². The highest BCUT2D eigenvalue weighted by Crippen LogP contribution is 2.22. The van der Waals surface area contributed by atoms with Gasteiger partial charge in [-0.05, 0) is 79.9 Å². The lowest BCUT2D eigenvalue weighted by atomic mass is 9.93. The number of carbonyl (C=O) groups is 3. The molecule has 4 atom stereocenters. The van der Waals surface area contributed by atoms with E-state index >= 15 is 0 Å². The van der Waals surface area contributed by atoms with Crippen LogP contribution in [0.1, 0.15) is 48.9 Å². The molecule has 1 heterocycles. The van der Waals surface area contributed by atoms with Crippen molar-refractivity contribution in [2.75, 3.05) is 6.61 Å². The van der Waals surface area contributed by atoms with E-state index in [0.717, 1.165) is 33.6 Å². The maximum absolute atomic E-state index is 13.9. The number of aromatic hydroxyl groups is 1. The molecule has 0 saturated carbocycles. The Bertz CT molecular complexity index is 1770. The molecule has 1 aromatic heterocycles. The van der Waals surface area contributed by atoms with Gasteiger partial charge in [0.2, 0.25) is 17.7 Å². The molecule has 0 aliphatic carbocycles. The number of benzene rings is 3. The maximum atomic E-state index is 13.9. The summed E-state index contributed by atoms with van der Waals surface area (Å²) < 4.78 is 7.56. The number of para-hydroxylation sites is 1. The Balaban J connectivity index is 1.52. The SMILES string of the molecule is Cc1cccc(C)c1OCC(=O)N[C@@H](Cc1ccccc1)C[C@H](O)[C@H](Cc1ccccc1)NC(=O)[C@H](CC(C)C)NC(=O)Cn1c(O)csc1=S. The van der Waals surface area contributed by atoms with Crippen LogP contribution >= 0.6 is 23.6 Å². The summed E-state index contributed by atoms with van der Waals surface area (Å²) in [6, 6.07) is 22.9. The van der Waals surface area contributed by atoms with Crippen molar-refractivity contribution in [2.24, 2.45) is 5.92 Å². The smallest absolute Gasteiger partial charge is 0.258 e. The molecular formula is C39H48N4O6S2. The number of hydrogen-bond acceptors (Lipinski definition) is 8. The average Bonchev–Trinajstić information content (AvgIpc) is 3.40. The molecule has 0 radical (unpaired) electrons. The van der Waals surface area contributed by atoms with E-state index in [9.17, 15) is 24.6 Å². The number of carbonyl (C=O) groups excluding carboxylic acids is 3. The van der Waals surface area contributed by atoms with E-state index < -0.39 is 36.0 Å². The number of ether oxygens (including phenoxy) is 1. The number of nitrogens with one attached hydrogen (secondary N) is 3. The number of aliphatic hydroxyl groups excluding tert-OH is 1. The molecule has 0 unspecified atom stereocenters. The molecule has 12 heteroatoms. The summed E-state index contributed by atoms with van der Waals surface area (Å²) in [7, 11) is 0. The fourth-order valence-corrected chi connectivity index (χ4v) is 6.89. The van der Waals surface area contributed by atoms with E-state index in [-0.39, 0.29) is 37.3 Å². The lowest BCUT2D eigenvalue weighted by Gasteiger charge is -2.30. The van der Waals surface area contributed by atoms with Gasteiger partial charge in [0.25, 0.3) is 5.91 Å².